The van der Waals surface area contributed by atoms with E-state index < -0.39 is 0 Å². The van der Waals surface area contributed by atoms with E-state index in [0.29, 0.717) is 23.0 Å². The second-order valence-corrected chi connectivity index (χ2v) is 6.13. The third-order valence-electron chi connectivity index (χ3n) is 2.24. The van der Waals surface area contributed by atoms with Crippen LogP contribution in [0.1, 0.15) is 17.3 Å². The van der Waals surface area contributed by atoms with Crippen molar-refractivity contribution in [3.8, 4) is 0 Å². The summed E-state index contributed by atoms with van der Waals surface area (Å²) in [7, 11) is 0. The minimum atomic E-state index is -0.121. The first-order valence-electron chi connectivity index (χ1n) is 5.26. The van der Waals surface area contributed by atoms with Gasteiger partial charge in [0.15, 0.2) is 0 Å². The molecule has 0 fully saturated rings. The maximum Gasteiger partial charge on any atom is 0.252 e. The lowest BCUT2D eigenvalue weighted by Crippen LogP contribution is -2.29. The van der Waals surface area contributed by atoms with Crippen molar-refractivity contribution >= 4 is 45.2 Å². The van der Waals surface area contributed by atoms with Crippen LogP contribution in [-0.4, -0.2) is 24.5 Å². The Kier molecular flexibility index (Phi) is 6.38. The van der Waals surface area contributed by atoms with E-state index in [-0.39, 0.29) is 5.91 Å². The number of nitrogens with one attached hydrogen (secondary N) is 1. The van der Waals surface area contributed by atoms with Gasteiger partial charge >= 0.3 is 0 Å². The number of halogens is 2. The molecule has 0 aliphatic heterocycles. The highest BCUT2D eigenvalue weighted by atomic mass is 79.9. The van der Waals surface area contributed by atoms with Crippen LogP contribution in [0, 0.1) is 5.92 Å². The molecule has 1 rings (SSSR count). The van der Waals surface area contributed by atoms with Crippen LogP contribution in [-0.2, 0) is 0 Å². The van der Waals surface area contributed by atoms with Gasteiger partial charge in [-0.15, -0.1) is 0 Å². The van der Waals surface area contributed by atoms with Crippen LogP contribution in [0.2, 0.25) is 5.02 Å². The summed E-state index contributed by atoms with van der Waals surface area (Å²) in [6, 6.07) is 5.26. The average Bonchev–Trinajstić information content (AvgIpc) is 2.29. The maximum atomic E-state index is 11.9. The molecule has 0 aliphatic carbocycles. The van der Waals surface area contributed by atoms with Gasteiger partial charge in [-0.1, -0.05) is 34.5 Å². The molecule has 0 radical (unpaired) electrons. The van der Waals surface area contributed by atoms with E-state index in [0.717, 1.165) is 10.2 Å². The molecule has 0 aromatic heterocycles. The fourth-order valence-corrected chi connectivity index (χ4v) is 2.63. The maximum absolute atomic E-state index is 11.9. The SMILES string of the molecule is CSCC(C)CNC(=O)c1cc(Br)ccc1Cl. The molecule has 1 atom stereocenters. The minimum Gasteiger partial charge on any atom is -0.352 e. The van der Waals surface area contributed by atoms with Gasteiger partial charge in [0.25, 0.3) is 5.91 Å². The Balaban J connectivity index is 2.61. The largest absolute Gasteiger partial charge is 0.352 e. The van der Waals surface area contributed by atoms with Crippen LogP contribution in [0.4, 0.5) is 0 Å². The standard InChI is InChI=1S/C12H15BrClNOS/c1-8(7-17-2)6-15-12(16)10-5-9(13)3-4-11(10)14/h3-5,8H,6-7H2,1-2H3,(H,15,16). The van der Waals surface area contributed by atoms with E-state index in [1.54, 1.807) is 23.9 Å². The molecule has 0 bridgehead atoms. The zero-order valence-electron chi connectivity index (χ0n) is 9.80. The monoisotopic (exact) mass is 335 g/mol. The van der Waals surface area contributed by atoms with Gasteiger partial charge in [-0.3, -0.25) is 4.79 Å². The number of hydrogen-bond acceptors (Lipinski definition) is 2. The number of hydrogen-bond donors (Lipinski definition) is 1. The molecule has 0 saturated heterocycles. The lowest BCUT2D eigenvalue weighted by molar-refractivity contribution is 0.0949. The Morgan fingerprint density at radius 2 is 2.29 bits per heavy atom. The molecule has 1 aromatic rings. The van der Waals surface area contributed by atoms with Crippen LogP contribution >= 0.6 is 39.3 Å². The van der Waals surface area contributed by atoms with Gasteiger partial charge < -0.3 is 5.32 Å². The topological polar surface area (TPSA) is 29.1 Å². The lowest BCUT2D eigenvalue weighted by atomic mass is 10.2. The lowest BCUT2D eigenvalue weighted by Gasteiger charge is -2.12. The number of amides is 1. The highest BCUT2D eigenvalue weighted by Crippen LogP contribution is 2.20. The molecule has 0 heterocycles. The Hall–Kier alpha value is -0.190. The number of thioether (sulfide) groups is 1. The van der Waals surface area contributed by atoms with E-state index in [4.69, 9.17) is 11.6 Å². The van der Waals surface area contributed by atoms with Crippen LogP contribution in [0.15, 0.2) is 22.7 Å². The normalized spacial score (nSPS) is 12.2. The van der Waals surface area contributed by atoms with Crippen LogP contribution < -0.4 is 5.32 Å². The van der Waals surface area contributed by atoms with Crippen molar-refractivity contribution in [2.24, 2.45) is 5.92 Å². The molecular formula is C12H15BrClNOS. The fraction of sp³-hybridized carbons (Fsp3) is 0.417. The molecular weight excluding hydrogens is 322 g/mol. The summed E-state index contributed by atoms with van der Waals surface area (Å²) in [5.41, 5.74) is 0.511. The Morgan fingerprint density at radius 1 is 1.59 bits per heavy atom. The first-order chi connectivity index (χ1) is 8.04. The number of carbonyl (C=O) groups is 1. The van der Waals surface area contributed by atoms with Crippen LogP contribution in [0.5, 0.6) is 0 Å². The second kappa shape index (κ2) is 7.29. The summed E-state index contributed by atoms with van der Waals surface area (Å²) < 4.78 is 0.851. The molecule has 1 amide bonds. The third-order valence-corrected chi connectivity index (χ3v) is 3.96. The average molecular weight is 337 g/mol. The smallest absolute Gasteiger partial charge is 0.252 e. The Morgan fingerprint density at radius 3 is 2.94 bits per heavy atom. The molecule has 0 spiro atoms. The molecule has 94 valence electrons. The molecule has 17 heavy (non-hydrogen) atoms. The molecule has 5 heteroatoms. The van der Waals surface area contributed by atoms with Gasteiger partial charge in [0.1, 0.15) is 0 Å². The quantitative estimate of drug-likeness (QED) is 0.885. The predicted octanol–water partition coefficient (Wildman–Crippen LogP) is 3.83. The van der Waals surface area contributed by atoms with E-state index in [1.165, 1.54) is 0 Å². The summed E-state index contributed by atoms with van der Waals surface area (Å²) in [6.07, 6.45) is 2.06. The van der Waals surface area contributed by atoms with Gasteiger partial charge in [-0.2, -0.15) is 11.8 Å². The first kappa shape index (κ1) is 14.9. The van der Waals surface area contributed by atoms with Crippen molar-refractivity contribution in [3.05, 3.63) is 33.3 Å². The van der Waals surface area contributed by atoms with Crippen LogP contribution in [0.3, 0.4) is 0 Å². The van der Waals surface area contributed by atoms with E-state index in [9.17, 15) is 4.79 Å². The first-order valence-corrected chi connectivity index (χ1v) is 7.83. The third kappa shape index (κ3) is 4.90. The number of rotatable bonds is 5. The van der Waals surface area contributed by atoms with E-state index >= 15 is 0 Å². The summed E-state index contributed by atoms with van der Waals surface area (Å²) in [4.78, 5) is 11.9. The van der Waals surface area contributed by atoms with Crippen molar-refractivity contribution in [1.29, 1.82) is 0 Å². The van der Waals surface area contributed by atoms with Crippen molar-refractivity contribution in [1.82, 2.24) is 5.32 Å². The summed E-state index contributed by atoms with van der Waals surface area (Å²) in [5.74, 6) is 1.37. The zero-order chi connectivity index (χ0) is 12.8. The minimum absolute atomic E-state index is 0.121. The Labute approximate surface area is 120 Å². The van der Waals surface area contributed by atoms with E-state index in [2.05, 4.69) is 34.4 Å². The molecule has 1 unspecified atom stereocenters. The van der Waals surface area contributed by atoms with Crippen molar-refractivity contribution < 1.29 is 4.79 Å². The highest BCUT2D eigenvalue weighted by molar-refractivity contribution is 9.10. The molecule has 2 nitrogen and oxygen atoms in total. The van der Waals surface area contributed by atoms with Gasteiger partial charge in [0.05, 0.1) is 10.6 Å². The second-order valence-electron chi connectivity index (χ2n) is 3.89. The highest BCUT2D eigenvalue weighted by Gasteiger charge is 2.11. The number of carbonyl (C=O) groups excluding carboxylic acids is 1. The van der Waals surface area contributed by atoms with Crippen molar-refractivity contribution in [2.45, 2.75) is 6.92 Å². The zero-order valence-corrected chi connectivity index (χ0v) is 13.0. The van der Waals surface area contributed by atoms with Gasteiger partial charge in [0.2, 0.25) is 0 Å². The molecule has 1 aromatic carbocycles. The molecule has 0 aliphatic rings. The molecule has 0 saturated carbocycles. The van der Waals surface area contributed by atoms with Gasteiger partial charge in [-0.25, -0.2) is 0 Å². The van der Waals surface area contributed by atoms with Gasteiger partial charge in [0, 0.05) is 11.0 Å². The summed E-state index contributed by atoms with van der Waals surface area (Å²) in [6.45, 7) is 2.78. The van der Waals surface area contributed by atoms with Crippen molar-refractivity contribution in [3.63, 3.8) is 0 Å². The van der Waals surface area contributed by atoms with Gasteiger partial charge in [-0.05, 0) is 36.1 Å². The number of benzene rings is 1. The van der Waals surface area contributed by atoms with Crippen molar-refractivity contribution in [2.75, 3.05) is 18.6 Å². The predicted molar refractivity (Wildman–Crippen MR) is 79.0 cm³/mol. The summed E-state index contributed by atoms with van der Waals surface area (Å²) in [5, 5.41) is 3.37. The van der Waals surface area contributed by atoms with Crippen LogP contribution in [0.25, 0.3) is 0 Å². The summed E-state index contributed by atoms with van der Waals surface area (Å²) >= 11 is 11.1. The van der Waals surface area contributed by atoms with E-state index in [1.807, 2.05) is 6.07 Å². The fourth-order valence-electron chi connectivity index (χ4n) is 1.38. The molecule has 1 N–H and O–H groups in total. The Bertz CT molecular complexity index is 400.